The Morgan fingerprint density at radius 3 is 2.18 bits per heavy atom. The fraction of sp³-hybridized carbons (Fsp3) is 0.303. The smallest absolute Gasteiger partial charge is 0.342 e. The number of ether oxygens (including phenoxy) is 2. The number of carbonyl (C=O) groups excluding carboxylic acids is 1. The number of hydrogen-bond donors (Lipinski definition) is 0. The van der Waals surface area contributed by atoms with Crippen LogP contribution in [0.4, 0.5) is 0 Å². The largest absolute Gasteiger partial charge is 0.493 e. The van der Waals surface area contributed by atoms with Crippen molar-refractivity contribution in [1.82, 2.24) is 9.80 Å². The van der Waals surface area contributed by atoms with Gasteiger partial charge in [0.15, 0.2) is 0 Å². The van der Waals surface area contributed by atoms with Gasteiger partial charge in [-0.1, -0.05) is 91.0 Å². The Bertz CT molecular complexity index is 1290. The minimum Gasteiger partial charge on any atom is -0.493 e. The third-order valence-electron chi connectivity index (χ3n) is 7.38. The Morgan fingerprint density at radius 1 is 0.789 bits per heavy atom. The van der Waals surface area contributed by atoms with Crippen molar-refractivity contribution in [1.29, 1.82) is 0 Å². The summed E-state index contributed by atoms with van der Waals surface area (Å²) in [5, 5.41) is 1.86. The van der Waals surface area contributed by atoms with Gasteiger partial charge in [0.05, 0.1) is 19.8 Å². The standard InChI is InChI=1S/C33H36N2O3/c1-37-33(36)31-29-17-9-8-12-26(29)18-19-30(31)38-25-11-21-34-20-10-22-35(24-23-34)32(27-13-4-2-5-14-27)28-15-6-3-7-16-28/h2-9,12-19,32H,10-11,20-25H2,1H3. The van der Waals surface area contributed by atoms with Crippen molar-refractivity contribution in [3.63, 3.8) is 0 Å². The summed E-state index contributed by atoms with van der Waals surface area (Å²) in [4.78, 5) is 17.7. The molecule has 5 nitrogen and oxygen atoms in total. The van der Waals surface area contributed by atoms with Gasteiger partial charge < -0.3 is 14.4 Å². The van der Waals surface area contributed by atoms with Crippen LogP contribution in [0.2, 0.25) is 0 Å². The molecule has 1 aliphatic rings. The predicted octanol–water partition coefficient (Wildman–Crippen LogP) is 6.19. The van der Waals surface area contributed by atoms with Crippen LogP contribution in [-0.2, 0) is 4.74 Å². The third kappa shape index (κ3) is 6.07. The lowest BCUT2D eigenvalue weighted by Gasteiger charge is -2.31. The Hall–Kier alpha value is -3.67. The van der Waals surface area contributed by atoms with Crippen molar-refractivity contribution in [2.24, 2.45) is 0 Å². The molecule has 5 heteroatoms. The van der Waals surface area contributed by atoms with E-state index in [1.165, 1.54) is 18.2 Å². The minimum atomic E-state index is -0.365. The molecule has 1 aliphatic heterocycles. The maximum Gasteiger partial charge on any atom is 0.342 e. The van der Waals surface area contributed by atoms with Crippen LogP contribution < -0.4 is 4.74 Å². The molecule has 196 valence electrons. The summed E-state index contributed by atoms with van der Waals surface area (Å²) in [6, 6.07) is 33.7. The highest BCUT2D eigenvalue weighted by Gasteiger charge is 2.25. The molecule has 0 saturated carbocycles. The first-order valence-electron chi connectivity index (χ1n) is 13.5. The molecule has 4 aromatic carbocycles. The molecule has 0 aliphatic carbocycles. The van der Waals surface area contributed by atoms with Crippen LogP contribution in [0, 0.1) is 0 Å². The number of rotatable bonds is 9. The van der Waals surface area contributed by atoms with E-state index in [-0.39, 0.29) is 12.0 Å². The van der Waals surface area contributed by atoms with E-state index < -0.39 is 0 Å². The van der Waals surface area contributed by atoms with Crippen molar-refractivity contribution in [2.75, 3.05) is 46.4 Å². The summed E-state index contributed by atoms with van der Waals surface area (Å²) in [5.41, 5.74) is 3.19. The number of benzene rings is 4. The molecule has 0 aromatic heterocycles. The van der Waals surface area contributed by atoms with Crippen LogP contribution in [0.1, 0.15) is 40.4 Å². The number of hydrogen-bond acceptors (Lipinski definition) is 5. The van der Waals surface area contributed by atoms with Crippen LogP contribution in [0.25, 0.3) is 10.8 Å². The second kappa shape index (κ2) is 12.7. The monoisotopic (exact) mass is 508 g/mol. The van der Waals surface area contributed by atoms with E-state index in [9.17, 15) is 4.79 Å². The van der Waals surface area contributed by atoms with Crippen LogP contribution in [0.15, 0.2) is 97.1 Å². The predicted molar refractivity (Wildman–Crippen MR) is 153 cm³/mol. The molecule has 0 radical (unpaired) electrons. The summed E-state index contributed by atoms with van der Waals surface area (Å²) < 4.78 is 11.2. The Labute approximate surface area is 225 Å². The molecule has 5 rings (SSSR count). The topological polar surface area (TPSA) is 42.0 Å². The molecule has 0 atom stereocenters. The number of esters is 1. The van der Waals surface area contributed by atoms with E-state index in [2.05, 4.69) is 70.5 Å². The lowest BCUT2D eigenvalue weighted by atomic mass is 9.97. The molecule has 0 spiro atoms. The van der Waals surface area contributed by atoms with Gasteiger partial charge in [0.25, 0.3) is 0 Å². The van der Waals surface area contributed by atoms with E-state index in [4.69, 9.17) is 9.47 Å². The number of nitrogens with zero attached hydrogens (tertiary/aromatic N) is 2. The number of fused-ring (bicyclic) bond motifs is 1. The summed E-state index contributed by atoms with van der Waals surface area (Å²) in [6.45, 7) is 5.72. The van der Waals surface area contributed by atoms with Crippen molar-refractivity contribution in [2.45, 2.75) is 18.9 Å². The first-order valence-corrected chi connectivity index (χ1v) is 13.5. The van der Waals surface area contributed by atoms with Crippen LogP contribution in [-0.4, -0.2) is 62.2 Å². The molecular formula is C33H36N2O3. The zero-order valence-corrected chi connectivity index (χ0v) is 22.1. The SMILES string of the molecule is COC(=O)c1c(OCCCN2CCCN(C(c3ccccc3)c3ccccc3)CC2)ccc2ccccc12. The van der Waals surface area contributed by atoms with E-state index in [0.717, 1.165) is 56.3 Å². The normalized spacial score (nSPS) is 14.9. The van der Waals surface area contributed by atoms with Gasteiger partial charge >= 0.3 is 5.97 Å². The molecule has 1 heterocycles. The molecule has 0 N–H and O–H groups in total. The van der Waals surface area contributed by atoms with Crippen molar-refractivity contribution < 1.29 is 14.3 Å². The fourth-order valence-electron chi connectivity index (χ4n) is 5.51. The third-order valence-corrected chi connectivity index (χ3v) is 7.38. The van der Waals surface area contributed by atoms with Crippen molar-refractivity contribution in [3.8, 4) is 5.75 Å². The molecule has 1 fully saturated rings. The first kappa shape index (κ1) is 26.0. The van der Waals surface area contributed by atoms with Gasteiger partial charge in [0.2, 0.25) is 0 Å². The van der Waals surface area contributed by atoms with Gasteiger partial charge in [-0.05, 0) is 47.4 Å². The fourth-order valence-corrected chi connectivity index (χ4v) is 5.51. The quantitative estimate of drug-likeness (QED) is 0.199. The zero-order chi connectivity index (χ0) is 26.2. The van der Waals surface area contributed by atoms with Gasteiger partial charge in [-0.15, -0.1) is 0 Å². The van der Waals surface area contributed by atoms with Gasteiger partial charge in [-0.3, -0.25) is 4.90 Å². The maximum absolute atomic E-state index is 12.5. The van der Waals surface area contributed by atoms with Crippen LogP contribution in [0.5, 0.6) is 5.75 Å². The van der Waals surface area contributed by atoms with E-state index in [1.54, 1.807) is 0 Å². The Kier molecular flexibility index (Phi) is 8.69. The highest BCUT2D eigenvalue weighted by atomic mass is 16.5. The molecule has 38 heavy (non-hydrogen) atoms. The van der Waals surface area contributed by atoms with E-state index in [1.807, 2.05) is 36.4 Å². The van der Waals surface area contributed by atoms with Gasteiger partial charge in [-0.25, -0.2) is 4.79 Å². The van der Waals surface area contributed by atoms with Crippen LogP contribution in [0.3, 0.4) is 0 Å². The second-order valence-electron chi connectivity index (χ2n) is 9.81. The molecule has 0 unspecified atom stereocenters. The van der Waals surface area contributed by atoms with E-state index in [0.29, 0.717) is 17.9 Å². The van der Waals surface area contributed by atoms with E-state index >= 15 is 0 Å². The second-order valence-corrected chi connectivity index (χ2v) is 9.81. The summed E-state index contributed by atoms with van der Waals surface area (Å²) in [6.07, 6.45) is 2.03. The highest BCUT2D eigenvalue weighted by Crippen LogP contribution is 2.30. The zero-order valence-electron chi connectivity index (χ0n) is 22.1. The minimum absolute atomic E-state index is 0.269. The first-order chi connectivity index (χ1) is 18.7. The van der Waals surface area contributed by atoms with Crippen molar-refractivity contribution >= 4 is 16.7 Å². The lowest BCUT2D eigenvalue weighted by Crippen LogP contribution is -2.34. The summed E-state index contributed by atoms with van der Waals surface area (Å²) in [7, 11) is 1.41. The molecular weight excluding hydrogens is 472 g/mol. The number of methoxy groups -OCH3 is 1. The highest BCUT2D eigenvalue weighted by molar-refractivity contribution is 6.07. The molecule has 0 amide bonds. The average molecular weight is 509 g/mol. The average Bonchev–Trinajstić information content (AvgIpc) is 3.21. The lowest BCUT2D eigenvalue weighted by molar-refractivity contribution is 0.0598. The molecule has 1 saturated heterocycles. The van der Waals surface area contributed by atoms with Gasteiger partial charge in [0, 0.05) is 26.2 Å². The van der Waals surface area contributed by atoms with Gasteiger partial charge in [-0.2, -0.15) is 0 Å². The Balaban J connectivity index is 1.19. The number of carbonyl (C=O) groups is 1. The van der Waals surface area contributed by atoms with Crippen molar-refractivity contribution in [3.05, 3.63) is 114 Å². The molecule has 0 bridgehead atoms. The summed E-state index contributed by atoms with van der Waals surface area (Å²) >= 11 is 0. The summed E-state index contributed by atoms with van der Waals surface area (Å²) in [5.74, 6) is 0.224. The van der Waals surface area contributed by atoms with Crippen LogP contribution >= 0.6 is 0 Å². The van der Waals surface area contributed by atoms with Gasteiger partial charge in [0.1, 0.15) is 11.3 Å². The molecule has 4 aromatic rings. The maximum atomic E-state index is 12.5. The Morgan fingerprint density at radius 2 is 1.47 bits per heavy atom.